The van der Waals surface area contributed by atoms with Gasteiger partial charge in [-0.2, -0.15) is 0 Å². The van der Waals surface area contributed by atoms with Crippen LogP contribution in [0.2, 0.25) is 0 Å². The van der Waals surface area contributed by atoms with Crippen molar-refractivity contribution in [2.75, 3.05) is 31.1 Å². The number of piperidine rings is 1. The van der Waals surface area contributed by atoms with E-state index in [1.54, 1.807) is 6.20 Å². The highest BCUT2D eigenvalue weighted by Crippen LogP contribution is 2.24. The van der Waals surface area contributed by atoms with Crippen LogP contribution in [0.4, 0.5) is 10.2 Å². The largest absolute Gasteiger partial charge is 0.378 e. The minimum atomic E-state index is -0.281. The molecule has 1 aromatic heterocycles. The molecule has 1 aliphatic rings. The molecule has 0 spiro atoms. The van der Waals surface area contributed by atoms with Crippen molar-refractivity contribution < 1.29 is 9.13 Å². The summed E-state index contributed by atoms with van der Waals surface area (Å²) in [7, 11) is 0. The molecule has 106 valence electrons. The molecule has 2 heterocycles. The van der Waals surface area contributed by atoms with Crippen LogP contribution < -0.4 is 10.6 Å². The van der Waals surface area contributed by atoms with Crippen LogP contribution in [0.5, 0.6) is 0 Å². The van der Waals surface area contributed by atoms with E-state index in [0.29, 0.717) is 23.4 Å². The summed E-state index contributed by atoms with van der Waals surface area (Å²) in [6.45, 7) is 2.93. The molecular formula is C13H19BrFN3O. The van der Waals surface area contributed by atoms with Gasteiger partial charge in [0.25, 0.3) is 0 Å². The van der Waals surface area contributed by atoms with Gasteiger partial charge in [-0.25, -0.2) is 9.37 Å². The molecule has 1 fully saturated rings. The second-order valence-electron chi connectivity index (χ2n) is 4.66. The Labute approximate surface area is 121 Å². The molecule has 1 saturated heterocycles. The number of ether oxygens (including phenoxy) is 1. The number of aromatic nitrogens is 1. The van der Waals surface area contributed by atoms with Crippen molar-refractivity contribution in [1.29, 1.82) is 0 Å². The third-order valence-electron chi connectivity index (χ3n) is 3.23. The molecule has 1 aromatic rings. The van der Waals surface area contributed by atoms with Gasteiger partial charge >= 0.3 is 0 Å². The summed E-state index contributed by atoms with van der Waals surface area (Å²) in [6, 6.07) is 1.45. The number of hydrogen-bond donors (Lipinski definition) is 1. The normalized spacial score (nSPS) is 16.9. The lowest BCUT2D eigenvalue weighted by Crippen LogP contribution is -2.38. The SMILES string of the molecule is NCCCOC1CCN(c2ncc(Br)cc2F)CC1. The van der Waals surface area contributed by atoms with Gasteiger partial charge in [-0.05, 0) is 47.8 Å². The highest BCUT2D eigenvalue weighted by atomic mass is 79.9. The van der Waals surface area contributed by atoms with Crippen LogP contribution in [0.15, 0.2) is 16.7 Å². The second kappa shape index (κ2) is 7.17. The Kier molecular flexibility index (Phi) is 5.54. The first kappa shape index (κ1) is 14.7. The maximum atomic E-state index is 13.8. The zero-order valence-corrected chi connectivity index (χ0v) is 12.4. The minimum Gasteiger partial charge on any atom is -0.378 e. The number of rotatable bonds is 5. The van der Waals surface area contributed by atoms with Gasteiger partial charge in [-0.3, -0.25) is 0 Å². The molecular weight excluding hydrogens is 313 g/mol. The average molecular weight is 332 g/mol. The third kappa shape index (κ3) is 4.12. The predicted octanol–water partition coefficient (Wildman–Crippen LogP) is 2.32. The van der Waals surface area contributed by atoms with Crippen LogP contribution in [0.3, 0.4) is 0 Å². The van der Waals surface area contributed by atoms with Crippen molar-refractivity contribution in [3.05, 3.63) is 22.6 Å². The van der Waals surface area contributed by atoms with E-state index in [9.17, 15) is 4.39 Å². The Morgan fingerprint density at radius 3 is 2.84 bits per heavy atom. The maximum Gasteiger partial charge on any atom is 0.166 e. The van der Waals surface area contributed by atoms with E-state index in [0.717, 1.165) is 32.4 Å². The molecule has 0 saturated carbocycles. The van der Waals surface area contributed by atoms with Crippen LogP contribution in [0.1, 0.15) is 19.3 Å². The molecule has 1 aliphatic heterocycles. The maximum absolute atomic E-state index is 13.8. The summed E-state index contributed by atoms with van der Waals surface area (Å²) in [4.78, 5) is 6.13. The Morgan fingerprint density at radius 1 is 1.47 bits per heavy atom. The zero-order valence-electron chi connectivity index (χ0n) is 10.8. The number of nitrogens with two attached hydrogens (primary N) is 1. The van der Waals surface area contributed by atoms with Crippen molar-refractivity contribution in [3.63, 3.8) is 0 Å². The van der Waals surface area contributed by atoms with Gasteiger partial charge in [0.1, 0.15) is 0 Å². The number of halogens is 2. The monoisotopic (exact) mass is 331 g/mol. The smallest absolute Gasteiger partial charge is 0.166 e. The highest BCUT2D eigenvalue weighted by Gasteiger charge is 2.22. The summed E-state index contributed by atoms with van der Waals surface area (Å²) in [5.41, 5.74) is 5.43. The van der Waals surface area contributed by atoms with Crippen molar-refractivity contribution in [1.82, 2.24) is 4.98 Å². The molecule has 0 unspecified atom stereocenters. The standard InChI is InChI=1S/C13H19BrFN3O/c14-10-8-12(15)13(17-9-10)18-5-2-11(3-6-18)19-7-1-4-16/h8-9,11H,1-7,16H2. The molecule has 0 atom stereocenters. The molecule has 19 heavy (non-hydrogen) atoms. The average Bonchev–Trinajstić information content (AvgIpc) is 2.40. The summed E-state index contributed by atoms with van der Waals surface area (Å²) in [5.74, 6) is 0.153. The molecule has 0 aromatic carbocycles. The lowest BCUT2D eigenvalue weighted by molar-refractivity contribution is 0.0365. The number of nitrogens with zero attached hydrogens (tertiary/aromatic N) is 2. The van der Waals surface area contributed by atoms with E-state index in [1.807, 2.05) is 4.90 Å². The number of hydrogen-bond acceptors (Lipinski definition) is 4. The van der Waals surface area contributed by atoms with Crippen LogP contribution in [-0.4, -0.2) is 37.3 Å². The van der Waals surface area contributed by atoms with E-state index in [2.05, 4.69) is 20.9 Å². The molecule has 0 radical (unpaired) electrons. The van der Waals surface area contributed by atoms with Crippen LogP contribution >= 0.6 is 15.9 Å². The summed E-state index contributed by atoms with van der Waals surface area (Å²) in [6.07, 6.45) is 4.59. The molecule has 2 N–H and O–H groups in total. The van der Waals surface area contributed by atoms with Crippen LogP contribution in [-0.2, 0) is 4.74 Å². The Hall–Kier alpha value is -0.720. The third-order valence-corrected chi connectivity index (χ3v) is 3.67. The van der Waals surface area contributed by atoms with Gasteiger partial charge < -0.3 is 15.4 Å². The fourth-order valence-corrected chi connectivity index (χ4v) is 2.51. The topological polar surface area (TPSA) is 51.4 Å². The van der Waals surface area contributed by atoms with Crippen LogP contribution in [0, 0.1) is 5.82 Å². The van der Waals surface area contributed by atoms with Crippen molar-refractivity contribution in [2.45, 2.75) is 25.4 Å². The first-order valence-electron chi connectivity index (χ1n) is 6.58. The van der Waals surface area contributed by atoms with Crippen molar-refractivity contribution in [3.8, 4) is 0 Å². The minimum absolute atomic E-state index is 0.265. The van der Waals surface area contributed by atoms with Gasteiger partial charge in [0.15, 0.2) is 11.6 Å². The molecule has 0 amide bonds. The Bertz CT molecular complexity index is 411. The summed E-state index contributed by atoms with van der Waals surface area (Å²) >= 11 is 3.21. The van der Waals surface area contributed by atoms with Gasteiger partial charge in [0.05, 0.1) is 6.10 Å². The quantitative estimate of drug-likeness (QED) is 0.841. The van der Waals surface area contributed by atoms with E-state index in [-0.39, 0.29) is 11.9 Å². The highest BCUT2D eigenvalue weighted by molar-refractivity contribution is 9.10. The zero-order chi connectivity index (χ0) is 13.7. The number of anilines is 1. The molecule has 2 rings (SSSR count). The van der Waals surface area contributed by atoms with Gasteiger partial charge in [-0.15, -0.1) is 0 Å². The van der Waals surface area contributed by atoms with E-state index in [4.69, 9.17) is 10.5 Å². The Morgan fingerprint density at radius 2 is 2.21 bits per heavy atom. The fraction of sp³-hybridized carbons (Fsp3) is 0.615. The molecule has 0 aliphatic carbocycles. The Balaban J connectivity index is 1.85. The lowest BCUT2D eigenvalue weighted by Gasteiger charge is -2.32. The molecule has 6 heteroatoms. The summed E-state index contributed by atoms with van der Waals surface area (Å²) in [5, 5.41) is 0. The van der Waals surface area contributed by atoms with E-state index >= 15 is 0 Å². The lowest BCUT2D eigenvalue weighted by atomic mass is 10.1. The van der Waals surface area contributed by atoms with Gasteiger partial charge in [0, 0.05) is 30.4 Å². The summed E-state index contributed by atoms with van der Waals surface area (Å²) < 4.78 is 20.2. The fourth-order valence-electron chi connectivity index (χ4n) is 2.21. The predicted molar refractivity (Wildman–Crippen MR) is 76.8 cm³/mol. The van der Waals surface area contributed by atoms with Crippen molar-refractivity contribution >= 4 is 21.7 Å². The van der Waals surface area contributed by atoms with Crippen molar-refractivity contribution in [2.24, 2.45) is 5.73 Å². The second-order valence-corrected chi connectivity index (χ2v) is 5.57. The van der Waals surface area contributed by atoms with E-state index in [1.165, 1.54) is 6.07 Å². The van der Waals surface area contributed by atoms with E-state index < -0.39 is 0 Å². The molecule has 4 nitrogen and oxygen atoms in total. The van der Waals surface area contributed by atoms with Gasteiger partial charge in [0.2, 0.25) is 0 Å². The first-order chi connectivity index (χ1) is 9.20. The first-order valence-corrected chi connectivity index (χ1v) is 7.37. The van der Waals surface area contributed by atoms with Crippen LogP contribution in [0.25, 0.3) is 0 Å². The van der Waals surface area contributed by atoms with Gasteiger partial charge in [-0.1, -0.05) is 0 Å². The number of pyridine rings is 1. The molecule has 0 bridgehead atoms.